The molecule has 0 spiro atoms. The van der Waals surface area contributed by atoms with E-state index in [1.54, 1.807) is 0 Å². The largest absolute Gasteiger partial charge is 0.135 e. The Labute approximate surface area is 224 Å². The summed E-state index contributed by atoms with van der Waals surface area (Å²) in [5.74, 6) is 0. The van der Waals surface area contributed by atoms with Crippen molar-refractivity contribution in [3.05, 3.63) is 108 Å². The summed E-state index contributed by atoms with van der Waals surface area (Å²) in [4.78, 5) is 1.32. The van der Waals surface area contributed by atoms with Gasteiger partial charge in [-0.15, -0.1) is 11.3 Å². The standard InChI is InChI=1S/C36H34S/c1-35(2,3)28-16-17-30-27(19-28)20-29(36(4,5)6)22-32(30)24-11-9-12-25(18-24)33-21-26-15-14-23-10-7-8-13-31(23)34(26)37-33/h7-22H,1-6H3. The number of rotatable bonds is 2. The van der Waals surface area contributed by atoms with E-state index in [9.17, 15) is 0 Å². The monoisotopic (exact) mass is 498 g/mol. The molecule has 0 saturated carbocycles. The third kappa shape index (κ3) is 4.36. The molecule has 5 aromatic carbocycles. The molecule has 0 saturated heterocycles. The third-order valence-corrected chi connectivity index (χ3v) is 8.78. The van der Waals surface area contributed by atoms with Gasteiger partial charge in [0, 0.05) is 9.58 Å². The van der Waals surface area contributed by atoms with Gasteiger partial charge in [0.05, 0.1) is 0 Å². The van der Waals surface area contributed by atoms with Crippen molar-refractivity contribution in [2.24, 2.45) is 0 Å². The molecule has 1 aromatic heterocycles. The summed E-state index contributed by atoms with van der Waals surface area (Å²) in [6.07, 6.45) is 0. The van der Waals surface area contributed by atoms with Crippen molar-refractivity contribution in [2.75, 3.05) is 0 Å². The van der Waals surface area contributed by atoms with Crippen LogP contribution in [-0.4, -0.2) is 0 Å². The fourth-order valence-electron chi connectivity index (χ4n) is 5.26. The van der Waals surface area contributed by atoms with E-state index in [-0.39, 0.29) is 10.8 Å². The minimum atomic E-state index is 0.0742. The van der Waals surface area contributed by atoms with Gasteiger partial charge >= 0.3 is 0 Å². The van der Waals surface area contributed by atoms with Gasteiger partial charge in [-0.1, -0.05) is 120 Å². The first-order valence-corrected chi connectivity index (χ1v) is 14.0. The molecule has 0 bridgehead atoms. The molecule has 0 unspecified atom stereocenters. The lowest BCUT2D eigenvalue weighted by atomic mass is 9.81. The second kappa shape index (κ2) is 8.57. The van der Waals surface area contributed by atoms with Crippen LogP contribution in [0, 0.1) is 0 Å². The van der Waals surface area contributed by atoms with E-state index in [1.807, 2.05) is 11.3 Å². The molecule has 0 radical (unpaired) electrons. The van der Waals surface area contributed by atoms with Gasteiger partial charge in [-0.2, -0.15) is 0 Å². The van der Waals surface area contributed by atoms with Gasteiger partial charge in [-0.25, -0.2) is 0 Å². The Kier molecular flexibility index (Phi) is 5.55. The van der Waals surface area contributed by atoms with Gasteiger partial charge < -0.3 is 0 Å². The quantitative estimate of drug-likeness (QED) is 0.223. The summed E-state index contributed by atoms with van der Waals surface area (Å²) < 4.78 is 1.37. The molecule has 1 heterocycles. The SMILES string of the molecule is CC(C)(C)c1ccc2c(-c3cccc(-c4cc5ccc6ccccc6c5s4)c3)cc(C(C)(C)C)cc2c1. The van der Waals surface area contributed by atoms with E-state index in [1.165, 1.54) is 64.3 Å². The first-order chi connectivity index (χ1) is 17.6. The summed E-state index contributed by atoms with van der Waals surface area (Å²) >= 11 is 1.90. The average molecular weight is 499 g/mol. The normalized spacial score (nSPS) is 12.6. The summed E-state index contributed by atoms with van der Waals surface area (Å²) in [6.45, 7) is 13.8. The lowest BCUT2D eigenvalue weighted by molar-refractivity contribution is 0.589. The zero-order chi connectivity index (χ0) is 25.9. The first-order valence-electron chi connectivity index (χ1n) is 13.2. The molecule has 0 atom stereocenters. The Morgan fingerprint density at radius 2 is 1.19 bits per heavy atom. The zero-order valence-electron chi connectivity index (χ0n) is 22.6. The van der Waals surface area contributed by atoms with Crippen LogP contribution < -0.4 is 0 Å². The number of fused-ring (bicyclic) bond motifs is 4. The summed E-state index contributed by atoms with van der Waals surface area (Å²) in [5.41, 5.74) is 6.82. The molecule has 0 amide bonds. The van der Waals surface area contributed by atoms with Gasteiger partial charge in [-0.3, -0.25) is 0 Å². The van der Waals surface area contributed by atoms with Crippen molar-refractivity contribution in [3.8, 4) is 21.6 Å². The second-order valence-electron chi connectivity index (χ2n) is 12.4. The topological polar surface area (TPSA) is 0 Å². The van der Waals surface area contributed by atoms with E-state index in [2.05, 4.69) is 139 Å². The highest BCUT2D eigenvalue weighted by Gasteiger charge is 2.20. The number of hydrogen-bond donors (Lipinski definition) is 0. The molecule has 0 aliphatic heterocycles. The lowest BCUT2D eigenvalue weighted by Crippen LogP contribution is -2.12. The molecular weight excluding hydrogens is 464 g/mol. The number of thiophene rings is 1. The maximum Gasteiger partial charge on any atom is 0.0427 e. The maximum atomic E-state index is 2.41. The molecule has 37 heavy (non-hydrogen) atoms. The number of benzene rings is 5. The van der Waals surface area contributed by atoms with Gasteiger partial charge in [0.15, 0.2) is 0 Å². The Hall–Kier alpha value is -3.42. The van der Waals surface area contributed by atoms with Gasteiger partial charge in [-0.05, 0) is 83.8 Å². The van der Waals surface area contributed by atoms with Crippen LogP contribution in [0.3, 0.4) is 0 Å². The predicted molar refractivity (Wildman–Crippen MR) is 165 cm³/mol. The molecule has 0 aliphatic carbocycles. The number of hydrogen-bond acceptors (Lipinski definition) is 1. The minimum Gasteiger partial charge on any atom is -0.135 e. The third-order valence-electron chi connectivity index (χ3n) is 7.55. The van der Waals surface area contributed by atoms with Crippen LogP contribution in [0.2, 0.25) is 0 Å². The van der Waals surface area contributed by atoms with Crippen molar-refractivity contribution in [2.45, 2.75) is 52.4 Å². The van der Waals surface area contributed by atoms with Gasteiger partial charge in [0.1, 0.15) is 0 Å². The highest BCUT2D eigenvalue weighted by Crippen LogP contribution is 2.41. The summed E-state index contributed by atoms with van der Waals surface area (Å²) in [6, 6.07) is 36.5. The van der Waals surface area contributed by atoms with E-state index in [4.69, 9.17) is 0 Å². The minimum absolute atomic E-state index is 0.0742. The molecule has 0 N–H and O–H groups in total. The van der Waals surface area contributed by atoms with Crippen molar-refractivity contribution in [1.29, 1.82) is 0 Å². The fraction of sp³-hybridized carbons (Fsp3) is 0.222. The highest BCUT2D eigenvalue weighted by atomic mass is 32.1. The molecule has 0 aliphatic rings. The van der Waals surface area contributed by atoms with E-state index in [0.717, 1.165) is 0 Å². The second-order valence-corrected chi connectivity index (χ2v) is 13.4. The molecule has 0 nitrogen and oxygen atoms in total. The van der Waals surface area contributed by atoms with Crippen molar-refractivity contribution in [3.63, 3.8) is 0 Å². The van der Waals surface area contributed by atoms with Crippen LogP contribution in [-0.2, 0) is 10.8 Å². The Bertz CT molecular complexity index is 1780. The van der Waals surface area contributed by atoms with Crippen LogP contribution in [0.4, 0.5) is 0 Å². The molecule has 6 aromatic rings. The highest BCUT2D eigenvalue weighted by molar-refractivity contribution is 7.23. The zero-order valence-corrected chi connectivity index (χ0v) is 23.5. The molecule has 0 fully saturated rings. The summed E-state index contributed by atoms with van der Waals surface area (Å²) in [5, 5.41) is 6.61. The average Bonchev–Trinajstić information content (AvgIpc) is 3.32. The summed E-state index contributed by atoms with van der Waals surface area (Å²) in [7, 11) is 0. The van der Waals surface area contributed by atoms with Crippen molar-refractivity contribution >= 4 is 43.0 Å². The van der Waals surface area contributed by atoms with Crippen LogP contribution in [0.5, 0.6) is 0 Å². The van der Waals surface area contributed by atoms with E-state index in [0.29, 0.717) is 0 Å². The molecule has 184 valence electrons. The van der Waals surface area contributed by atoms with Gasteiger partial charge in [0.25, 0.3) is 0 Å². The molecule has 1 heteroatoms. The van der Waals surface area contributed by atoms with E-state index >= 15 is 0 Å². The predicted octanol–water partition coefficient (Wildman–Crippen LogP) is 11.1. The Morgan fingerprint density at radius 1 is 0.486 bits per heavy atom. The maximum absolute atomic E-state index is 2.41. The van der Waals surface area contributed by atoms with Crippen LogP contribution in [0.25, 0.3) is 53.2 Å². The van der Waals surface area contributed by atoms with Crippen LogP contribution in [0.1, 0.15) is 52.7 Å². The molecular formula is C36H34S. The van der Waals surface area contributed by atoms with Crippen molar-refractivity contribution in [1.82, 2.24) is 0 Å². The Morgan fingerprint density at radius 3 is 1.97 bits per heavy atom. The molecule has 6 rings (SSSR count). The van der Waals surface area contributed by atoms with E-state index < -0.39 is 0 Å². The lowest BCUT2D eigenvalue weighted by Gasteiger charge is -2.24. The first kappa shape index (κ1) is 23.9. The fourth-order valence-corrected chi connectivity index (χ4v) is 6.45. The smallest absolute Gasteiger partial charge is 0.0427 e. The van der Waals surface area contributed by atoms with Gasteiger partial charge in [0.2, 0.25) is 0 Å². The van der Waals surface area contributed by atoms with Crippen LogP contribution >= 0.6 is 11.3 Å². The van der Waals surface area contributed by atoms with Crippen molar-refractivity contribution < 1.29 is 0 Å². The Balaban J connectivity index is 1.53. The van der Waals surface area contributed by atoms with Crippen LogP contribution in [0.15, 0.2) is 97.1 Å².